The Morgan fingerprint density at radius 3 is 2.57 bits per heavy atom. The minimum Gasteiger partial charge on any atom is -0.478 e. The topological polar surface area (TPSA) is 37.3 Å². The molecule has 0 fully saturated rings. The Kier molecular flexibility index (Phi) is 6.27. The Balaban J connectivity index is 0.00000169. The third-order valence-electron chi connectivity index (χ3n) is 2.05. The van der Waals surface area contributed by atoms with Crippen molar-refractivity contribution in [1.82, 2.24) is 0 Å². The van der Waals surface area contributed by atoms with E-state index in [1.165, 1.54) is 0 Å². The predicted octanol–water partition coefficient (Wildman–Crippen LogP) is 1.54. The summed E-state index contributed by atoms with van der Waals surface area (Å²) in [5.41, 5.74) is 1.38. The van der Waals surface area contributed by atoms with Crippen LogP contribution in [0.25, 0.3) is 0 Å². The number of rotatable bonds is 4. The largest absolute Gasteiger partial charge is 0.478 e. The fourth-order valence-electron chi connectivity index (χ4n) is 1.31. The number of carboxylic acid groups (broad SMARTS) is 1. The van der Waals surface area contributed by atoms with E-state index in [1.54, 1.807) is 12.1 Å². The zero-order valence-electron chi connectivity index (χ0n) is 7.79. The van der Waals surface area contributed by atoms with Crippen molar-refractivity contribution in [2.75, 3.05) is 0 Å². The van der Waals surface area contributed by atoms with Gasteiger partial charge in [0.15, 0.2) is 17.4 Å². The zero-order valence-corrected chi connectivity index (χ0v) is 7.79. The van der Waals surface area contributed by atoms with Gasteiger partial charge >= 0.3 is 5.97 Å². The number of aromatic carboxylic acids is 1. The van der Waals surface area contributed by atoms with Crippen molar-refractivity contribution in [2.45, 2.75) is 26.2 Å². The first kappa shape index (κ1) is 13.2. The zero-order chi connectivity index (χ0) is 9.68. The molecule has 1 rings (SSSR count). The van der Waals surface area contributed by atoms with E-state index >= 15 is 0 Å². The third kappa shape index (κ3) is 3.53. The first-order valence-electron chi connectivity index (χ1n) is 4.57. The summed E-state index contributed by atoms with van der Waals surface area (Å²) >= 11 is 0. The molecule has 0 aliphatic carbocycles. The second-order valence-corrected chi connectivity index (χ2v) is 3.07. The fourth-order valence-corrected chi connectivity index (χ4v) is 1.31. The van der Waals surface area contributed by atoms with Crippen molar-refractivity contribution in [3.05, 3.63) is 35.4 Å². The highest BCUT2D eigenvalue weighted by Gasteiger charge is 2.07. The number of hydrogen-bond donors (Lipinski definition) is 1. The molecule has 0 radical (unpaired) electrons. The molecule has 0 amide bonds. The standard InChI is InChI=1S/C11H14O2.Al.3H/c1-2-3-6-9-7-4-5-8-10(9)11(12)13;;;;/h4-5,7-8H,2-3,6H2,1H3,(H,12,13);;;;. The molecule has 1 aromatic rings. The summed E-state index contributed by atoms with van der Waals surface area (Å²) in [6.45, 7) is 2.10. The van der Waals surface area contributed by atoms with Crippen LogP contribution in [-0.2, 0) is 6.42 Å². The normalized spacial score (nSPS) is 9.21. The average molecular weight is 208 g/mol. The van der Waals surface area contributed by atoms with Crippen molar-refractivity contribution < 1.29 is 9.90 Å². The van der Waals surface area contributed by atoms with Gasteiger partial charge in [-0.15, -0.1) is 0 Å². The van der Waals surface area contributed by atoms with Gasteiger partial charge in [-0.25, -0.2) is 4.79 Å². The molecule has 2 nitrogen and oxygen atoms in total. The van der Waals surface area contributed by atoms with Crippen molar-refractivity contribution in [2.24, 2.45) is 0 Å². The second-order valence-electron chi connectivity index (χ2n) is 3.07. The minimum atomic E-state index is -0.827. The van der Waals surface area contributed by atoms with Crippen LogP contribution in [-0.4, -0.2) is 28.4 Å². The number of carbonyl (C=O) groups is 1. The first-order chi connectivity index (χ1) is 6.25. The number of benzene rings is 1. The Labute approximate surface area is 95.1 Å². The minimum absolute atomic E-state index is 0. The maximum Gasteiger partial charge on any atom is 0.335 e. The van der Waals surface area contributed by atoms with Crippen molar-refractivity contribution in [3.8, 4) is 0 Å². The SMILES string of the molecule is CCCCc1ccccc1C(=O)O.[AlH3]. The molecule has 0 unspecified atom stereocenters. The van der Waals surface area contributed by atoms with Gasteiger partial charge in [0.05, 0.1) is 5.56 Å². The highest BCUT2D eigenvalue weighted by molar-refractivity contribution is 5.89. The molecule has 0 heterocycles. The molecule has 0 aromatic heterocycles. The summed E-state index contributed by atoms with van der Waals surface area (Å²) in [5.74, 6) is -0.827. The summed E-state index contributed by atoms with van der Waals surface area (Å²) < 4.78 is 0. The molecule has 0 bridgehead atoms. The van der Waals surface area contributed by atoms with Crippen molar-refractivity contribution in [1.29, 1.82) is 0 Å². The Hall–Kier alpha value is -0.778. The lowest BCUT2D eigenvalue weighted by Crippen LogP contribution is -2.01. The number of hydrogen-bond acceptors (Lipinski definition) is 1. The molecule has 0 saturated carbocycles. The average Bonchev–Trinajstić information content (AvgIpc) is 2.15. The van der Waals surface area contributed by atoms with Crippen LogP contribution in [0.3, 0.4) is 0 Å². The van der Waals surface area contributed by atoms with E-state index in [2.05, 4.69) is 6.92 Å². The smallest absolute Gasteiger partial charge is 0.335 e. The lowest BCUT2D eigenvalue weighted by Gasteiger charge is -2.03. The van der Waals surface area contributed by atoms with Crippen molar-refractivity contribution >= 4 is 23.3 Å². The van der Waals surface area contributed by atoms with Gasteiger partial charge in [-0.05, 0) is 24.5 Å². The predicted molar refractivity (Wildman–Crippen MR) is 62.0 cm³/mol. The summed E-state index contributed by atoms with van der Waals surface area (Å²) in [7, 11) is 0. The molecular formula is C11H17AlO2. The van der Waals surface area contributed by atoms with Gasteiger partial charge in [-0.3, -0.25) is 0 Å². The van der Waals surface area contributed by atoms with E-state index in [0.717, 1.165) is 24.8 Å². The molecule has 14 heavy (non-hydrogen) atoms. The number of unbranched alkanes of at least 4 members (excludes halogenated alkanes) is 1. The van der Waals surface area contributed by atoms with Gasteiger partial charge in [0, 0.05) is 0 Å². The van der Waals surface area contributed by atoms with Crippen LogP contribution in [0.1, 0.15) is 35.7 Å². The molecule has 3 heteroatoms. The second kappa shape index (κ2) is 6.64. The molecule has 1 N–H and O–H groups in total. The molecular weight excluding hydrogens is 191 g/mol. The van der Waals surface area contributed by atoms with Crippen LogP contribution in [0.5, 0.6) is 0 Å². The summed E-state index contributed by atoms with van der Waals surface area (Å²) in [4.78, 5) is 10.8. The Bertz CT molecular complexity index is 297. The summed E-state index contributed by atoms with van der Waals surface area (Å²) in [5, 5.41) is 8.86. The molecule has 0 aliphatic rings. The van der Waals surface area contributed by atoms with E-state index in [0.29, 0.717) is 5.56 Å². The molecule has 0 spiro atoms. The van der Waals surface area contributed by atoms with Gasteiger partial charge in [0.25, 0.3) is 0 Å². The molecule has 0 atom stereocenters. The van der Waals surface area contributed by atoms with E-state index in [1.807, 2.05) is 12.1 Å². The lowest BCUT2D eigenvalue weighted by atomic mass is 10.0. The maximum absolute atomic E-state index is 10.8. The summed E-state index contributed by atoms with van der Waals surface area (Å²) in [6, 6.07) is 7.20. The van der Waals surface area contributed by atoms with E-state index < -0.39 is 5.97 Å². The van der Waals surface area contributed by atoms with Crippen LogP contribution < -0.4 is 0 Å². The molecule has 0 saturated heterocycles. The van der Waals surface area contributed by atoms with E-state index in [-0.39, 0.29) is 17.4 Å². The quantitative estimate of drug-likeness (QED) is 0.762. The van der Waals surface area contributed by atoms with Gasteiger partial charge in [-0.1, -0.05) is 31.5 Å². The molecule has 0 aliphatic heterocycles. The van der Waals surface area contributed by atoms with Crippen LogP contribution in [0.15, 0.2) is 24.3 Å². The maximum atomic E-state index is 10.8. The van der Waals surface area contributed by atoms with Crippen LogP contribution >= 0.6 is 0 Å². The first-order valence-corrected chi connectivity index (χ1v) is 4.57. The number of aryl methyl sites for hydroxylation is 1. The van der Waals surface area contributed by atoms with Crippen LogP contribution in [0, 0.1) is 0 Å². The van der Waals surface area contributed by atoms with E-state index in [4.69, 9.17) is 5.11 Å². The monoisotopic (exact) mass is 208 g/mol. The Morgan fingerprint density at radius 2 is 2.00 bits per heavy atom. The van der Waals surface area contributed by atoms with Gasteiger partial charge in [0.2, 0.25) is 0 Å². The van der Waals surface area contributed by atoms with Gasteiger partial charge in [0.1, 0.15) is 0 Å². The Morgan fingerprint density at radius 1 is 1.36 bits per heavy atom. The highest BCUT2D eigenvalue weighted by Crippen LogP contribution is 2.11. The lowest BCUT2D eigenvalue weighted by molar-refractivity contribution is 0.0695. The van der Waals surface area contributed by atoms with Crippen molar-refractivity contribution in [3.63, 3.8) is 0 Å². The van der Waals surface area contributed by atoms with E-state index in [9.17, 15) is 4.79 Å². The van der Waals surface area contributed by atoms with Gasteiger partial charge in [-0.2, -0.15) is 0 Å². The van der Waals surface area contributed by atoms with Crippen LogP contribution in [0.4, 0.5) is 0 Å². The molecule has 76 valence electrons. The highest BCUT2D eigenvalue weighted by atomic mass is 27.0. The number of carboxylic acids is 1. The molecule has 1 aromatic carbocycles. The fraction of sp³-hybridized carbons (Fsp3) is 0.364. The van der Waals surface area contributed by atoms with Gasteiger partial charge < -0.3 is 5.11 Å². The third-order valence-corrected chi connectivity index (χ3v) is 2.05. The summed E-state index contributed by atoms with van der Waals surface area (Å²) in [6.07, 6.45) is 3.00. The van der Waals surface area contributed by atoms with Crippen LogP contribution in [0.2, 0.25) is 0 Å².